The van der Waals surface area contributed by atoms with Crippen molar-refractivity contribution in [1.29, 1.82) is 0 Å². The first-order valence-electron chi connectivity index (χ1n) is 6.51. The van der Waals surface area contributed by atoms with Gasteiger partial charge in [-0.3, -0.25) is 20.2 Å². The number of nitrogens with one attached hydrogen (secondary N) is 2. The Bertz CT molecular complexity index is 541. The molecule has 1 aliphatic heterocycles. The van der Waals surface area contributed by atoms with Gasteiger partial charge < -0.3 is 10.1 Å². The summed E-state index contributed by atoms with van der Waals surface area (Å²) in [5.41, 5.74) is 0.243. The number of ether oxygens (including phenoxy) is 1. The Labute approximate surface area is 126 Å². The SMILES string of the molecule is O=C(NC(=S)NC[C@@H]1CCCO1)c1ccc([N+](=O)[O-])cc1. The quantitative estimate of drug-likeness (QED) is 0.496. The molecule has 1 heterocycles. The molecule has 7 nitrogen and oxygen atoms in total. The zero-order valence-corrected chi connectivity index (χ0v) is 12.0. The molecule has 0 saturated carbocycles. The number of hydrogen-bond donors (Lipinski definition) is 2. The summed E-state index contributed by atoms with van der Waals surface area (Å²) in [5, 5.41) is 16.2. The van der Waals surface area contributed by atoms with Crippen molar-refractivity contribution in [1.82, 2.24) is 10.6 Å². The number of amides is 1. The molecule has 0 bridgehead atoms. The topological polar surface area (TPSA) is 93.5 Å². The number of carbonyl (C=O) groups excluding carboxylic acids is 1. The fourth-order valence-corrected chi connectivity index (χ4v) is 2.14. The van der Waals surface area contributed by atoms with Gasteiger partial charge in [0.05, 0.1) is 11.0 Å². The average Bonchev–Trinajstić information content (AvgIpc) is 2.98. The van der Waals surface area contributed by atoms with Gasteiger partial charge in [0.15, 0.2) is 5.11 Å². The number of rotatable bonds is 4. The second-order valence-electron chi connectivity index (χ2n) is 4.60. The van der Waals surface area contributed by atoms with Crippen LogP contribution < -0.4 is 10.6 Å². The first-order valence-corrected chi connectivity index (χ1v) is 6.92. The Morgan fingerprint density at radius 2 is 2.14 bits per heavy atom. The van der Waals surface area contributed by atoms with Crippen molar-refractivity contribution in [2.45, 2.75) is 18.9 Å². The van der Waals surface area contributed by atoms with Gasteiger partial charge in [0, 0.05) is 30.8 Å². The van der Waals surface area contributed by atoms with E-state index in [1.807, 2.05) is 0 Å². The molecule has 1 aliphatic rings. The average molecular weight is 309 g/mol. The van der Waals surface area contributed by atoms with Gasteiger partial charge in [-0.15, -0.1) is 0 Å². The van der Waals surface area contributed by atoms with Crippen LogP contribution in [0, 0.1) is 10.1 Å². The molecule has 1 aromatic rings. The number of nitrogens with zero attached hydrogens (tertiary/aromatic N) is 1. The molecular formula is C13H15N3O4S. The normalized spacial score (nSPS) is 17.2. The molecule has 0 spiro atoms. The van der Waals surface area contributed by atoms with E-state index in [0.717, 1.165) is 19.4 Å². The molecule has 2 rings (SSSR count). The zero-order valence-electron chi connectivity index (χ0n) is 11.2. The van der Waals surface area contributed by atoms with Gasteiger partial charge in [-0.1, -0.05) is 0 Å². The van der Waals surface area contributed by atoms with Gasteiger partial charge in [0.25, 0.3) is 11.6 Å². The summed E-state index contributed by atoms with van der Waals surface area (Å²) in [6, 6.07) is 5.32. The Kier molecular flexibility index (Phi) is 5.18. The summed E-state index contributed by atoms with van der Waals surface area (Å²) >= 11 is 5.03. The van der Waals surface area contributed by atoms with Crippen LogP contribution in [0.4, 0.5) is 5.69 Å². The molecule has 1 amide bonds. The van der Waals surface area contributed by atoms with Crippen molar-refractivity contribution < 1.29 is 14.5 Å². The molecule has 0 aromatic heterocycles. The fourth-order valence-electron chi connectivity index (χ4n) is 1.97. The van der Waals surface area contributed by atoms with E-state index in [4.69, 9.17) is 17.0 Å². The highest BCUT2D eigenvalue weighted by Gasteiger charge is 2.16. The second kappa shape index (κ2) is 7.09. The van der Waals surface area contributed by atoms with Crippen molar-refractivity contribution in [3.63, 3.8) is 0 Å². The van der Waals surface area contributed by atoms with Crippen LogP contribution in [0.25, 0.3) is 0 Å². The smallest absolute Gasteiger partial charge is 0.269 e. The molecule has 1 atom stereocenters. The number of nitro benzene ring substituents is 1. The minimum Gasteiger partial charge on any atom is -0.376 e. The van der Waals surface area contributed by atoms with Gasteiger partial charge >= 0.3 is 0 Å². The maximum Gasteiger partial charge on any atom is 0.269 e. The van der Waals surface area contributed by atoms with Crippen molar-refractivity contribution in [3.8, 4) is 0 Å². The lowest BCUT2D eigenvalue weighted by Crippen LogP contribution is -2.42. The Hall–Kier alpha value is -2.06. The van der Waals surface area contributed by atoms with Crippen molar-refractivity contribution in [2.24, 2.45) is 0 Å². The van der Waals surface area contributed by atoms with E-state index in [9.17, 15) is 14.9 Å². The van der Waals surface area contributed by atoms with Crippen LogP contribution >= 0.6 is 12.2 Å². The van der Waals surface area contributed by atoms with Crippen LogP contribution in [0.1, 0.15) is 23.2 Å². The number of benzene rings is 1. The van der Waals surface area contributed by atoms with Gasteiger partial charge in [-0.05, 0) is 37.2 Å². The van der Waals surface area contributed by atoms with E-state index in [1.54, 1.807) is 0 Å². The van der Waals surface area contributed by atoms with Gasteiger partial charge in [0.2, 0.25) is 0 Å². The first-order chi connectivity index (χ1) is 10.1. The molecule has 1 saturated heterocycles. The summed E-state index contributed by atoms with van der Waals surface area (Å²) < 4.78 is 5.43. The van der Waals surface area contributed by atoms with E-state index in [2.05, 4.69) is 10.6 Å². The molecule has 1 aromatic carbocycles. The fraction of sp³-hybridized carbons (Fsp3) is 0.385. The minimum absolute atomic E-state index is 0.0642. The third-order valence-electron chi connectivity index (χ3n) is 3.08. The van der Waals surface area contributed by atoms with Crippen LogP contribution in [0.3, 0.4) is 0 Å². The minimum atomic E-state index is -0.518. The maximum absolute atomic E-state index is 11.9. The third kappa shape index (κ3) is 4.47. The molecule has 0 unspecified atom stereocenters. The summed E-state index contributed by atoms with van der Waals surface area (Å²) in [6.07, 6.45) is 2.14. The van der Waals surface area contributed by atoms with E-state index in [1.165, 1.54) is 24.3 Å². The van der Waals surface area contributed by atoms with E-state index in [0.29, 0.717) is 12.1 Å². The summed E-state index contributed by atoms with van der Waals surface area (Å²) in [4.78, 5) is 21.9. The Balaban J connectivity index is 1.82. The van der Waals surface area contributed by atoms with Crippen molar-refractivity contribution in [3.05, 3.63) is 39.9 Å². The van der Waals surface area contributed by atoms with Gasteiger partial charge in [-0.2, -0.15) is 0 Å². The molecule has 112 valence electrons. The lowest BCUT2D eigenvalue weighted by atomic mass is 10.2. The van der Waals surface area contributed by atoms with Crippen LogP contribution in [-0.2, 0) is 4.74 Å². The Morgan fingerprint density at radius 1 is 1.43 bits per heavy atom. The van der Waals surface area contributed by atoms with Crippen molar-refractivity contribution >= 4 is 28.9 Å². The lowest BCUT2D eigenvalue weighted by Gasteiger charge is -2.13. The summed E-state index contributed by atoms with van der Waals surface area (Å²) in [7, 11) is 0. The van der Waals surface area contributed by atoms with Crippen molar-refractivity contribution in [2.75, 3.05) is 13.2 Å². The number of carbonyl (C=O) groups is 1. The predicted molar refractivity (Wildman–Crippen MR) is 80.1 cm³/mol. The molecular weight excluding hydrogens is 294 g/mol. The highest BCUT2D eigenvalue weighted by atomic mass is 32.1. The monoisotopic (exact) mass is 309 g/mol. The number of non-ortho nitro benzene ring substituents is 1. The zero-order chi connectivity index (χ0) is 15.2. The van der Waals surface area contributed by atoms with Crippen LogP contribution in [0.15, 0.2) is 24.3 Å². The predicted octanol–water partition coefficient (Wildman–Crippen LogP) is 1.38. The molecule has 2 N–H and O–H groups in total. The largest absolute Gasteiger partial charge is 0.376 e. The maximum atomic E-state index is 11.9. The second-order valence-corrected chi connectivity index (χ2v) is 5.01. The van der Waals surface area contributed by atoms with E-state index >= 15 is 0 Å². The van der Waals surface area contributed by atoms with Crippen LogP contribution in [0.2, 0.25) is 0 Å². The van der Waals surface area contributed by atoms with E-state index < -0.39 is 10.8 Å². The molecule has 21 heavy (non-hydrogen) atoms. The number of hydrogen-bond acceptors (Lipinski definition) is 5. The number of nitro groups is 1. The molecule has 1 fully saturated rings. The van der Waals surface area contributed by atoms with Gasteiger partial charge in [-0.25, -0.2) is 0 Å². The van der Waals surface area contributed by atoms with E-state index in [-0.39, 0.29) is 16.9 Å². The highest BCUT2D eigenvalue weighted by Crippen LogP contribution is 2.12. The van der Waals surface area contributed by atoms with Gasteiger partial charge in [0.1, 0.15) is 0 Å². The van der Waals surface area contributed by atoms with Crippen LogP contribution in [-0.4, -0.2) is 35.2 Å². The van der Waals surface area contributed by atoms with Crippen LogP contribution in [0.5, 0.6) is 0 Å². The lowest BCUT2D eigenvalue weighted by molar-refractivity contribution is -0.384. The third-order valence-corrected chi connectivity index (χ3v) is 3.33. The first kappa shape index (κ1) is 15.3. The standard InChI is InChI=1S/C13H15N3O4S/c17-12(9-3-5-10(6-4-9)16(18)19)15-13(21)14-8-11-2-1-7-20-11/h3-6,11H,1-2,7-8H2,(H2,14,15,17,21)/t11-/m0/s1. The Morgan fingerprint density at radius 3 is 2.71 bits per heavy atom. The number of thiocarbonyl (C=S) groups is 1. The summed E-state index contributed by atoms with van der Waals surface area (Å²) in [6.45, 7) is 1.31. The molecule has 0 radical (unpaired) electrons. The molecule has 8 heteroatoms. The highest BCUT2D eigenvalue weighted by molar-refractivity contribution is 7.80. The molecule has 0 aliphatic carbocycles. The summed E-state index contributed by atoms with van der Waals surface area (Å²) in [5.74, 6) is -0.408.